The van der Waals surface area contributed by atoms with Gasteiger partial charge in [0.15, 0.2) is 0 Å². The van der Waals surface area contributed by atoms with Gasteiger partial charge in [-0.3, -0.25) is 20.4 Å². The van der Waals surface area contributed by atoms with E-state index in [4.69, 9.17) is 4.84 Å². The zero-order valence-corrected chi connectivity index (χ0v) is 15.5. The molecule has 1 aliphatic rings. The van der Waals surface area contributed by atoms with Crippen LogP contribution in [-0.4, -0.2) is 30.7 Å². The minimum absolute atomic E-state index is 0.0790. The highest BCUT2D eigenvalue weighted by molar-refractivity contribution is 7.89. The van der Waals surface area contributed by atoms with Crippen molar-refractivity contribution in [3.05, 3.63) is 64.2 Å². The van der Waals surface area contributed by atoms with E-state index < -0.39 is 14.9 Å². The van der Waals surface area contributed by atoms with E-state index in [1.165, 1.54) is 16.4 Å². The third-order valence-electron chi connectivity index (χ3n) is 4.38. The van der Waals surface area contributed by atoms with Gasteiger partial charge in [-0.25, -0.2) is 8.42 Å². The summed E-state index contributed by atoms with van der Waals surface area (Å²) in [6.07, 6.45) is 2.59. The predicted molar refractivity (Wildman–Crippen MR) is 101 cm³/mol. The zero-order chi connectivity index (χ0) is 19.3. The highest BCUT2D eigenvalue weighted by atomic mass is 32.2. The Balaban J connectivity index is 1.77. The van der Waals surface area contributed by atoms with Gasteiger partial charge < -0.3 is 0 Å². The second-order valence-electron chi connectivity index (χ2n) is 6.28. The Kier molecular flexibility index (Phi) is 6.04. The van der Waals surface area contributed by atoms with Crippen LogP contribution < -0.4 is 5.48 Å². The van der Waals surface area contributed by atoms with Crippen molar-refractivity contribution in [3.63, 3.8) is 0 Å². The summed E-state index contributed by atoms with van der Waals surface area (Å²) in [5, 5.41) is 11.4. The van der Waals surface area contributed by atoms with E-state index in [2.05, 4.69) is 5.48 Å². The summed E-state index contributed by atoms with van der Waals surface area (Å²) >= 11 is 0. The molecule has 1 saturated heterocycles. The van der Waals surface area contributed by atoms with Gasteiger partial charge >= 0.3 is 0 Å². The van der Waals surface area contributed by atoms with Gasteiger partial charge in [-0.05, 0) is 30.5 Å². The van der Waals surface area contributed by atoms with Gasteiger partial charge in [-0.2, -0.15) is 4.31 Å². The van der Waals surface area contributed by atoms with Gasteiger partial charge in [0.1, 0.15) is 5.69 Å². The second-order valence-corrected chi connectivity index (χ2v) is 8.22. The Morgan fingerprint density at radius 1 is 1.07 bits per heavy atom. The maximum absolute atomic E-state index is 12.7. The highest BCUT2D eigenvalue weighted by Crippen LogP contribution is 2.30. The molecule has 1 fully saturated rings. The average molecular weight is 391 g/mol. The van der Waals surface area contributed by atoms with E-state index in [0.717, 1.165) is 30.9 Å². The van der Waals surface area contributed by atoms with Crippen molar-refractivity contribution in [3.8, 4) is 0 Å². The standard InChI is InChI=1S/C18H21N3O5S/c22-21(23)18-13-16(27(24,25)20-11-5-2-6-12-20)9-10-17(18)19-26-14-15-7-3-1-4-8-15/h1,3-4,7-10,13,19H,2,5-6,11-12,14H2. The van der Waals surface area contributed by atoms with E-state index >= 15 is 0 Å². The highest BCUT2D eigenvalue weighted by Gasteiger charge is 2.28. The molecule has 8 nitrogen and oxygen atoms in total. The van der Waals surface area contributed by atoms with E-state index in [9.17, 15) is 18.5 Å². The van der Waals surface area contributed by atoms with Gasteiger partial charge in [0.25, 0.3) is 5.69 Å². The van der Waals surface area contributed by atoms with Crippen LogP contribution in [0.1, 0.15) is 24.8 Å². The summed E-state index contributed by atoms with van der Waals surface area (Å²) in [6, 6.07) is 13.1. The van der Waals surface area contributed by atoms with Crippen LogP contribution in [0, 0.1) is 10.1 Å². The normalized spacial score (nSPS) is 15.4. The fourth-order valence-electron chi connectivity index (χ4n) is 2.93. The first-order valence-corrected chi connectivity index (χ1v) is 10.1. The first-order valence-electron chi connectivity index (χ1n) is 8.69. The molecule has 0 saturated carbocycles. The number of nitrogens with one attached hydrogen (secondary N) is 1. The van der Waals surface area contributed by atoms with Crippen molar-refractivity contribution >= 4 is 21.4 Å². The molecule has 1 N–H and O–H groups in total. The number of anilines is 1. The summed E-state index contributed by atoms with van der Waals surface area (Å²) in [5.41, 5.74) is 3.21. The molecule has 144 valence electrons. The summed E-state index contributed by atoms with van der Waals surface area (Å²) in [4.78, 5) is 16.0. The lowest BCUT2D eigenvalue weighted by atomic mass is 10.2. The second kappa shape index (κ2) is 8.47. The van der Waals surface area contributed by atoms with Crippen LogP contribution in [0.5, 0.6) is 0 Å². The number of nitro groups is 1. The molecule has 0 bridgehead atoms. The molecule has 9 heteroatoms. The number of nitrogens with zero attached hydrogens (tertiary/aromatic N) is 2. The molecule has 0 aliphatic carbocycles. The zero-order valence-electron chi connectivity index (χ0n) is 14.7. The average Bonchev–Trinajstić information content (AvgIpc) is 2.69. The molecule has 2 aromatic rings. The Bertz CT molecular complexity index is 896. The lowest BCUT2D eigenvalue weighted by molar-refractivity contribution is -0.384. The van der Waals surface area contributed by atoms with Gasteiger partial charge in [0.05, 0.1) is 16.4 Å². The molecule has 0 amide bonds. The molecule has 1 heterocycles. The molecule has 0 radical (unpaired) electrons. The minimum atomic E-state index is -3.74. The van der Waals surface area contributed by atoms with E-state index in [1.807, 2.05) is 30.3 Å². The number of nitro benzene ring substituents is 1. The predicted octanol–water partition coefficient (Wildman–Crippen LogP) is 3.31. The van der Waals surface area contributed by atoms with E-state index in [-0.39, 0.29) is 22.9 Å². The van der Waals surface area contributed by atoms with Gasteiger partial charge in [-0.1, -0.05) is 36.8 Å². The number of hydrogen-bond acceptors (Lipinski definition) is 6. The van der Waals surface area contributed by atoms with Crippen molar-refractivity contribution in [1.29, 1.82) is 0 Å². The maximum Gasteiger partial charge on any atom is 0.295 e. The molecule has 0 unspecified atom stereocenters. The van der Waals surface area contributed by atoms with Crippen LogP contribution >= 0.6 is 0 Å². The molecular formula is C18H21N3O5S. The van der Waals surface area contributed by atoms with Crippen LogP contribution in [-0.2, 0) is 21.5 Å². The summed E-state index contributed by atoms with van der Waals surface area (Å²) in [7, 11) is -3.74. The monoisotopic (exact) mass is 391 g/mol. The largest absolute Gasteiger partial charge is 0.295 e. The van der Waals surface area contributed by atoms with E-state index in [0.29, 0.717) is 13.1 Å². The van der Waals surface area contributed by atoms with Crippen LogP contribution in [0.25, 0.3) is 0 Å². The van der Waals surface area contributed by atoms with Crippen LogP contribution in [0.2, 0.25) is 0 Å². The topological polar surface area (TPSA) is 102 Å². The number of piperidine rings is 1. The lowest BCUT2D eigenvalue weighted by Gasteiger charge is -2.25. The first-order chi connectivity index (χ1) is 13.0. The number of sulfonamides is 1. The van der Waals surface area contributed by atoms with Crippen molar-refractivity contribution in [2.45, 2.75) is 30.8 Å². The van der Waals surface area contributed by atoms with Crippen molar-refractivity contribution < 1.29 is 18.2 Å². The van der Waals surface area contributed by atoms with Gasteiger partial charge in [-0.15, -0.1) is 0 Å². The van der Waals surface area contributed by atoms with Crippen molar-refractivity contribution in [2.75, 3.05) is 18.6 Å². The Morgan fingerprint density at radius 3 is 2.44 bits per heavy atom. The van der Waals surface area contributed by atoms with Gasteiger partial charge in [0.2, 0.25) is 10.0 Å². The molecule has 27 heavy (non-hydrogen) atoms. The third-order valence-corrected chi connectivity index (χ3v) is 6.28. The van der Waals surface area contributed by atoms with Crippen molar-refractivity contribution in [2.24, 2.45) is 0 Å². The molecule has 1 aliphatic heterocycles. The molecule has 0 spiro atoms. The minimum Gasteiger partial charge on any atom is -0.271 e. The number of benzene rings is 2. The fraction of sp³-hybridized carbons (Fsp3) is 0.333. The Morgan fingerprint density at radius 2 is 1.78 bits per heavy atom. The lowest BCUT2D eigenvalue weighted by Crippen LogP contribution is -2.35. The number of rotatable bonds is 7. The third kappa shape index (κ3) is 4.62. The van der Waals surface area contributed by atoms with Crippen molar-refractivity contribution in [1.82, 2.24) is 4.31 Å². The summed E-state index contributed by atoms with van der Waals surface area (Å²) in [6.45, 7) is 1.10. The summed E-state index contributed by atoms with van der Waals surface area (Å²) in [5.74, 6) is 0. The smallest absolute Gasteiger partial charge is 0.271 e. The van der Waals surface area contributed by atoms with E-state index in [1.54, 1.807) is 0 Å². The van der Waals surface area contributed by atoms with Gasteiger partial charge in [0, 0.05) is 19.2 Å². The maximum atomic E-state index is 12.7. The number of hydrogen-bond donors (Lipinski definition) is 1. The van der Waals surface area contributed by atoms with Crippen LogP contribution in [0.15, 0.2) is 53.4 Å². The molecule has 3 rings (SSSR count). The first kappa shape index (κ1) is 19.3. The fourth-order valence-corrected chi connectivity index (χ4v) is 4.47. The molecule has 0 atom stereocenters. The Hall–Kier alpha value is -2.49. The summed E-state index contributed by atoms with van der Waals surface area (Å²) < 4.78 is 26.8. The van der Waals surface area contributed by atoms with Crippen LogP contribution in [0.3, 0.4) is 0 Å². The Labute approximate surface area is 157 Å². The van der Waals surface area contributed by atoms with Crippen LogP contribution in [0.4, 0.5) is 11.4 Å². The molecule has 0 aromatic heterocycles. The molecular weight excluding hydrogens is 370 g/mol. The molecule has 2 aromatic carbocycles. The SMILES string of the molecule is O=[N+]([O-])c1cc(S(=O)(=O)N2CCCCC2)ccc1NOCc1ccccc1. The quantitative estimate of drug-likeness (QED) is 0.574.